The highest BCUT2D eigenvalue weighted by Crippen LogP contribution is 2.20. The van der Waals surface area contributed by atoms with Gasteiger partial charge < -0.3 is 16.4 Å². The van der Waals surface area contributed by atoms with Crippen LogP contribution in [0.15, 0.2) is 47.3 Å². The molecule has 1 heterocycles. The number of rotatable bonds is 4. The molecule has 0 fully saturated rings. The van der Waals surface area contributed by atoms with E-state index < -0.39 is 11.9 Å². The molecular formula is C19H20FN5O2. The van der Waals surface area contributed by atoms with Crippen molar-refractivity contribution in [1.29, 1.82) is 0 Å². The summed E-state index contributed by atoms with van der Waals surface area (Å²) in [6.07, 6.45) is 0. The summed E-state index contributed by atoms with van der Waals surface area (Å²) in [6.45, 7) is 4.00. The standard InChI is InChI=1S/C19H20FN5O2/c1-3-22-19(27)23-13-5-4-6-14(10-13)25-17(11(2)21)24-16-9-12(20)7-8-15(16)18(25)26/h4-11H,3,21H2,1-2H3,(H2,22,23,27). The molecule has 4 N–H and O–H groups in total. The number of carbonyl (C=O) groups excluding carboxylic acids is 1. The molecule has 8 heteroatoms. The Labute approximate surface area is 155 Å². The molecule has 0 bridgehead atoms. The summed E-state index contributed by atoms with van der Waals surface area (Å²) in [5.74, 6) is -0.177. The first-order chi connectivity index (χ1) is 12.9. The molecule has 2 aromatic carbocycles. The maximum Gasteiger partial charge on any atom is 0.319 e. The van der Waals surface area contributed by atoms with E-state index >= 15 is 0 Å². The molecule has 3 aromatic rings. The smallest absolute Gasteiger partial charge is 0.319 e. The molecule has 140 valence electrons. The second-order valence-corrected chi connectivity index (χ2v) is 6.10. The second kappa shape index (κ2) is 7.55. The maximum absolute atomic E-state index is 13.5. The van der Waals surface area contributed by atoms with Gasteiger partial charge in [0, 0.05) is 18.3 Å². The number of nitrogens with zero attached hydrogens (tertiary/aromatic N) is 2. The molecule has 0 saturated carbocycles. The Kier molecular flexibility index (Phi) is 5.18. The van der Waals surface area contributed by atoms with Crippen LogP contribution in [0.2, 0.25) is 0 Å². The summed E-state index contributed by atoms with van der Waals surface area (Å²) in [7, 11) is 0. The third-order valence-electron chi connectivity index (χ3n) is 3.96. The Morgan fingerprint density at radius 2 is 2.07 bits per heavy atom. The summed E-state index contributed by atoms with van der Waals surface area (Å²) in [5.41, 5.74) is 6.92. The van der Waals surface area contributed by atoms with Gasteiger partial charge in [0.15, 0.2) is 0 Å². The van der Waals surface area contributed by atoms with Gasteiger partial charge in [-0.15, -0.1) is 0 Å². The van der Waals surface area contributed by atoms with Crippen LogP contribution in [0.4, 0.5) is 14.9 Å². The average molecular weight is 369 g/mol. The van der Waals surface area contributed by atoms with E-state index in [1.54, 1.807) is 31.2 Å². The Morgan fingerprint density at radius 3 is 2.78 bits per heavy atom. The Balaban J connectivity index is 2.17. The first-order valence-electron chi connectivity index (χ1n) is 8.53. The minimum Gasteiger partial charge on any atom is -0.338 e. The number of aromatic nitrogens is 2. The maximum atomic E-state index is 13.5. The molecule has 3 rings (SSSR count). The van der Waals surface area contributed by atoms with Gasteiger partial charge in [0.25, 0.3) is 5.56 Å². The van der Waals surface area contributed by atoms with Crippen LogP contribution < -0.4 is 21.9 Å². The van der Waals surface area contributed by atoms with Crippen LogP contribution in [-0.4, -0.2) is 22.1 Å². The SMILES string of the molecule is CCNC(=O)Nc1cccc(-n2c(C(C)N)nc3cc(F)ccc3c2=O)c1. The van der Waals surface area contributed by atoms with Crippen LogP contribution in [0.1, 0.15) is 25.7 Å². The molecule has 0 radical (unpaired) electrons. The molecule has 0 aliphatic heterocycles. The molecule has 7 nitrogen and oxygen atoms in total. The first kappa shape index (κ1) is 18.5. The minimum absolute atomic E-state index is 0.250. The van der Waals surface area contributed by atoms with E-state index in [2.05, 4.69) is 15.6 Å². The first-order valence-corrected chi connectivity index (χ1v) is 8.53. The van der Waals surface area contributed by atoms with E-state index in [1.807, 2.05) is 6.92 Å². The van der Waals surface area contributed by atoms with Crippen molar-refractivity contribution in [2.45, 2.75) is 19.9 Å². The molecule has 1 atom stereocenters. The van der Waals surface area contributed by atoms with Gasteiger partial charge in [0.1, 0.15) is 11.6 Å². The number of benzene rings is 2. The lowest BCUT2D eigenvalue weighted by Crippen LogP contribution is -2.29. The normalized spacial score (nSPS) is 12.0. The predicted octanol–water partition coefficient (Wildman–Crippen LogP) is 2.69. The number of hydrogen-bond acceptors (Lipinski definition) is 4. The number of amides is 2. The number of nitrogens with two attached hydrogens (primary N) is 1. The largest absolute Gasteiger partial charge is 0.338 e. The molecule has 1 unspecified atom stereocenters. The summed E-state index contributed by atoms with van der Waals surface area (Å²) in [4.78, 5) is 29.2. The lowest BCUT2D eigenvalue weighted by Gasteiger charge is -2.17. The summed E-state index contributed by atoms with van der Waals surface area (Å²) >= 11 is 0. The van der Waals surface area contributed by atoms with Crippen molar-refractivity contribution in [3.05, 3.63) is 64.5 Å². The molecule has 27 heavy (non-hydrogen) atoms. The fourth-order valence-electron chi connectivity index (χ4n) is 2.79. The highest BCUT2D eigenvalue weighted by molar-refractivity contribution is 5.89. The number of nitrogens with one attached hydrogen (secondary N) is 2. The lowest BCUT2D eigenvalue weighted by molar-refractivity contribution is 0.252. The van der Waals surface area contributed by atoms with Crippen LogP contribution in [-0.2, 0) is 0 Å². The van der Waals surface area contributed by atoms with Crippen LogP contribution >= 0.6 is 0 Å². The zero-order chi connectivity index (χ0) is 19.6. The zero-order valence-corrected chi connectivity index (χ0v) is 15.0. The molecule has 2 amide bonds. The Morgan fingerprint density at radius 1 is 1.30 bits per heavy atom. The third-order valence-corrected chi connectivity index (χ3v) is 3.96. The number of carbonyl (C=O) groups is 1. The minimum atomic E-state index is -0.564. The van der Waals surface area contributed by atoms with Gasteiger partial charge in [0.05, 0.1) is 22.6 Å². The van der Waals surface area contributed by atoms with E-state index in [-0.39, 0.29) is 22.5 Å². The number of urea groups is 1. The zero-order valence-electron chi connectivity index (χ0n) is 15.0. The molecule has 0 spiro atoms. The van der Waals surface area contributed by atoms with E-state index in [0.717, 1.165) is 0 Å². The van der Waals surface area contributed by atoms with Crippen LogP contribution in [0.25, 0.3) is 16.6 Å². The van der Waals surface area contributed by atoms with Crippen LogP contribution in [0.3, 0.4) is 0 Å². The number of halogens is 1. The van der Waals surface area contributed by atoms with Crippen LogP contribution in [0.5, 0.6) is 0 Å². The van der Waals surface area contributed by atoms with Crippen molar-refractivity contribution in [3.8, 4) is 5.69 Å². The van der Waals surface area contributed by atoms with Crippen molar-refractivity contribution < 1.29 is 9.18 Å². The summed E-state index contributed by atoms with van der Waals surface area (Å²) < 4.78 is 14.9. The van der Waals surface area contributed by atoms with Gasteiger partial charge in [-0.25, -0.2) is 14.2 Å². The fourth-order valence-corrected chi connectivity index (χ4v) is 2.79. The van der Waals surface area contributed by atoms with Gasteiger partial charge in [-0.3, -0.25) is 9.36 Å². The van der Waals surface area contributed by atoms with Gasteiger partial charge in [-0.1, -0.05) is 6.07 Å². The third kappa shape index (κ3) is 3.80. The molecule has 0 aliphatic rings. The molecular weight excluding hydrogens is 349 g/mol. The second-order valence-electron chi connectivity index (χ2n) is 6.10. The van der Waals surface area contributed by atoms with Gasteiger partial charge in [0.2, 0.25) is 0 Å². The molecule has 0 aliphatic carbocycles. The monoisotopic (exact) mass is 369 g/mol. The van der Waals surface area contributed by atoms with Crippen molar-refractivity contribution >= 4 is 22.6 Å². The Hall–Kier alpha value is -3.26. The van der Waals surface area contributed by atoms with Crippen molar-refractivity contribution in [3.63, 3.8) is 0 Å². The quantitative estimate of drug-likeness (QED) is 0.658. The van der Waals surface area contributed by atoms with Crippen molar-refractivity contribution in [1.82, 2.24) is 14.9 Å². The lowest BCUT2D eigenvalue weighted by atomic mass is 10.2. The van der Waals surface area contributed by atoms with Gasteiger partial charge in [-0.2, -0.15) is 0 Å². The highest BCUT2D eigenvalue weighted by atomic mass is 19.1. The summed E-state index contributed by atoms with van der Waals surface area (Å²) in [5, 5.41) is 5.62. The fraction of sp³-hybridized carbons (Fsp3) is 0.211. The predicted molar refractivity (Wildman–Crippen MR) is 103 cm³/mol. The van der Waals surface area contributed by atoms with E-state index in [1.165, 1.54) is 22.8 Å². The van der Waals surface area contributed by atoms with Gasteiger partial charge in [-0.05, 0) is 44.2 Å². The van der Waals surface area contributed by atoms with E-state index in [9.17, 15) is 14.0 Å². The number of fused-ring (bicyclic) bond motifs is 1. The highest BCUT2D eigenvalue weighted by Gasteiger charge is 2.16. The van der Waals surface area contributed by atoms with Crippen molar-refractivity contribution in [2.24, 2.45) is 5.73 Å². The van der Waals surface area contributed by atoms with Crippen molar-refractivity contribution in [2.75, 3.05) is 11.9 Å². The summed E-state index contributed by atoms with van der Waals surface area (Å²) in [6, 6.07) is 9.70. The topological polar surface area (TPSA) is 102 Å². The van der Waals surface area contributed by atoms with E-state index in [4.69, 9.17) is 5.73 Å². The van der Waals surface area contributed by atoms with E-state index in [0.29, 0.717) is 23.7 Å². The average Bonchev–Trinajstić information content (AvgIpc) is 2.61. The van der Waals surface area contributed by atoms with Crippen LogP contribution in [0, 0.1) is 5.82 Å². The number of anilines is 1. The van der Waals surface area contributed by atoms with Gasteiger partial charge >= 0.3 is 6.03 Å². The number of hydrogen-bond donors (Lipinski definition) is 3. The molecule has 1 aromatic heterocycles. The molecule has 0 saturated heterocycles. The Bertz CT molecular complexity index is 1060.